The zero-order valence-corrected chi connectivity index (χ0v) is 17.7. The van der Waals surface area contributed by atoms with Gasteiger partial charge in [0.15, 0.2) is 6.54 Å². The molecule has 3 heterocycles. The highest BCUT2D eigenvalue weighted by molar-refractivity contribution is 8.00. The van der Waals surface area contributed by atoms with E-state index in [1.807, 2.05) is 11.0 Å². The number of ether oxygens (including phenoxy) is 1. The Morgan fingerprint density at radius 2 is 2.07 bits per heavy atom. The predicted octanol–water partition coefficient (Wildman–Crippen LogP) is 1.18. The van der Waals surface area contributed by atoms with Crippen LogP contribution in [-0.4, -0.2) is 72.6 Å². The number of likely N-dealkylation sites (tertiary alicyclic amines) is 1. The van der Waals surface area contributed by atoms with Crippen molar-refractivity contribution >= 4 is 45.2 Å². The lowest BCUT2D eigenvalue weighted by Gasteiger charge is -2.33. The molecule has 1 amide bonds. The summed E-state index contributed by atoms with van der Waals surface area (Å²) in [6.45, 7) is 3.70. The third-order valence-electron chi connectivity index (χ3n) is 5.64. The number of benzene rings is 1. The molecule has 1 N–H and O–H groups in total. The van der Waals surface area contributed by atoms with Gasteiger partial charge in [-0.3, -0.25) is 9.59 Å². The molecule has 2 aliphatic rings. The molecule has 4 rings (SSSR count). The molecule has 0 saturated carbocycles. The Labute approximate surface area is 173 Å². The second kappa shape index (κ2) is 8.80. The molecule has 0 bridgehead atoms. The molecule has 0 spiro atoms. The topological polar surface area (TPSA) is 63.9 Å². The van der Waals surface area contributed by atoms with E-state index in [1.165, 1.54) is 21.7 Å². The summed E-state index contributed by atoms with van der Waals surface area (Å²) in [4.78, 5) is 32.5. The zero-order valence-electron chi connectivity index (χ0n) is 16.1. The Bertz CT molecular complexity index is 815. The molecule has 0 radical (unpaired) electrons. The van der Waals surface area contributed by atoms with Gasteiger partial charge in [-0.25, -0.2) is 4.98 Å². The number of hydrogen-bond donors (Lipinski definition) is 1. The van der Waals surface area contributed by atoms with E-state index in [-0.39, 0.29) is 17.1 Å². The number of fused-ring (bicyclic) bond motifs is 1. The van der Waals surface area contributed by atoms with Crippen LogP contribution in [0, 0.1) is 0 Å². The van der Waals surface area contributed by atoms with Crippen molar-refractivity contribution in [2.45, 2.75) is 24.0 Å². The van der Waals surface area contributed by atoms with E-state index in [4.69, 9.17) is 9.72 Å². The van der Waals surface area contributed by atoms with E-state index in [0.29, 0.717) is 19.0 Å². The number of nitrogens with zero attached hydrogens (tertiary/aromatic N) is 2. The minimum atomic E-state index is -0.248. The Kier molecular flexibility index (Phi) is 6.18. The number of esters is 1. The summed E-state index contributed by atoms with van der Waals surface area (Å²) in [6.07, 6.45) is 2.14. The molecule has 2 saturated heterocycles. The van der Waals surface area contributed by atoms with E-state index in [2.05, 4.69) is 18.2 Å². The lowest BCUT2D eigenvalue weighted by Crippen LogP contribution is -3.14. The molecule has 6 nitrogen and oxygen atoms in total. The predicted molar refractivity (Wildman–Crippen MR) is 112 cm³/mol. The summed E-state index contributed by atoms with van der Waals surface area (Å²) in [7, 11) is 1.41. The first kappa shape index (κ1) is 19.7. The maximum atomic E-state index is 12.7. The number of quaternary nitrogens is 1. The molecule has 0 unspecified atom stereocenters. The van der Waals surface area contributed by atoms with Crippen LogP contribution in [0.2, 0.25) is 0 Å². The SMILES string of the molecule is COC(=O)[C@@H]1CN(C(=O)C[NH+]2CCC(c3nc4ccccc4s3)CC2)CCS1. The summed E-state index contributed by atoms with van der Waals surface area (Å²) in [5.41, 5.74) is 1.09. The normalized spacial score (nSPS) is 25.6. The third kappa shape index (κ3) is 4.34. The van der Waals surface area contributed by atoms with Gasteiger partial charge in [0.1, 0.15) is 5.25 Å². The molecule has 1 aromatic heterocycles. The van der Waals surface area contributed by atoms with Crippen LogP contribution in [0.3, 0.4) is 0 Å². The van der Waals surface area contributed by atoms with E-state index < -0.39 is 0 Å². The molecule has 2 fully saturated rings. The van der Waals surface area contributed by atoms with Crippen molar-refractivity contribution in [3.63, 3.8) is 0 Å². The highest BCUT2D eigenvalue weighted by atomic mass is 32.2. The first-order chi connectivity index (χ1) is 13.6. The minimum absolute atomic E-state index is 0.155. The second-order valence-corrected chi connectivity index (χ2v) is 9.82. The molecular weight excluding hydrogens is 394 g/mol. The van der Waals surface area contributed by atoms with Gasteiger partial charge in [-0.05, 0) is 12.1 Å². The number of rotatable bonds is 4. The van der Waals surface area contributed by atoms with Crippen molar-refractivity contribution in [3.8, 4) is 0 Å². The molecule has 0 aliphatic carbocycles. The van der Waals surface area contributed by atoms with Gasteiger partial charge in [0.2, 0.25) is 0 Å². The maximum absolute atomic E-state index is 12.7. The number of carbonyl (C=O) groups excluding carboxylic acids is 2. The minimum Gasteiger partial charge on any atom is -0.468 e. The zero-order chi connectivity index (χ0) is 19.5. The van der Waals surface area contributed by atoms with Crippen LogP contribution in [0.25, 0.3) is 10.2 Å². The van der Waals surface area contributed by atoms with Crippen LogP contribution in [0.1, 0.15) is 23.8 Å². The number of hydrogen-bond acceptors (Lipinski definition) is 6. The van der Waals surface area contributed by atoms with Crippen molar-refractivity contribution in [1.82, 2.24) is 9.88 Å². The summed E-state index contributed by atoms with van der Waals surface area (Å²) < 4.78 is 6.09. The number of piperidine rings is 1. The standard InChI is InChI=1S/C20H25N3O3S2/c1-26-20(25)17-12-23(10-11-27-17)18(24)13-22-8-6-14(7-9-22)19-21-15-4-2-3-5-16(15)28-19/h2-5,14,17H,6-13H2,1H3/p+1/t17-/m0/s1. The molecule has 2 aromatic rings. The number of amides is 1. The van der Waals surface area contributed by atoms with Gasteiger partial charge in [0, 0.05) is 37.6 Å². The molecule has 1 aromatic carbocycles. The largest absolute Gasteiger partial charge is 0.468 e. The molecular formula is C20H26N3O3S2+. The average Bonchev–Trinajstić information content (AvgIpc) is 3.18. The number of methoxy groups -OCH3 is 1. The first-order valence-electron chi connectivity index (χ1n) is 9.80. The number of aromatic nitrogens is 1. The number of para-hydroxylation sites is 1. The quantitative estimate of drug-likeness (QED) is 0.753. The smallest absolute Gasteiger partial charge is 0.320 e. The molecule has 2 aliphatic heterocycles. The van der Waals surface area contributed by atoms with E-state index >= 15 is 0 Å². The molecule has 1 atom stereocenters. The Balaban J connectivity index is 1.29. The number of thioether (sulfide) groups is 1. The van der Waals surface area contributed by atoms with Crippen molar-refractivity contribution in [2.24, 2.45) is 0 Å². The van der Waals surface area contributed by atoms with Crippen LogP contribution in [0.4, 0.5) is 0 Å². The number of nitrogens with one attached hydrogen (secondary N) is 1. The van der Waals surface area contributed by atoms with E-state index in [1.54, 1.807) is 23.1 Å². The Morgan fingerprint density at radius 3 is 2.82 bits per heavy atom. The second-order valence-electron chi connectivity index (χ2n) is 7.44. The summed E-state index contributed by atoms with van der Waals surface area (Å²) in [6, 6.07) is 8.31. The highest BCUT2D eigenvalue weighted by Crippen LogP contribution is 2.31. The van der Waals surface area contributed by atoms with Crippen molar-refractivity contribution in [1.29, 1.82) is 0 Å². The van der Waals surface area contributed by atoms with Crippen LogP contribution in [-0.2, 0) is 14.3 Å². The van der Waals surface area contributed by atoms with Gasteiger partial charge in [-0.1, -0.05) is 12.1 Å². The first-order valence-corrected chi connectivity index (χ1v) is 11.7. The van der Waals surface area contributed by atoms with Crippen LogP contribution in [0.15, 0.2) is 24.3 Å². The van der Waals surface area contributed by atoms with Gasteiger partial charge >= 0.3 is 5.97 Å². The molecule has 150 valence electrons. The lowest BCUT2D eigenvalue weighted by atomic mass is 9.97. The van der Waals surface area contributed by atoms with Crippen LogP contribution < -0.4 is 4.90 Å². The van der Waals surface area contributed by atoms with Gasteiger partial charge in [0.05, 0.1) is 35.4 Å². The summed E-state index contributed by atoms with van der Waals surface area (Å²) in [5.74, 6) is 1.22. The van der Waals surface area contributed by atoms with E-state index in [9.17, 15) is 9.59 Å². The monoisotopic (exact) mass is 420 g/mol. The lowest BCUT2D eigenvalue weighted by molar-refractivity contribution is -0.897. The Hall–Kier alpha value is -1.64. The number of carbonyl (C=O) groups is 2. The van der Waals surface area contributed by atoms with Crippen LogP contribution >= 0.6 is 23.1 Å². The fraction of sp³-hybridized carbons (Fsp3) is 0.550. The van der Waals surface area contributed by atoms with Crippen LogP contribution in [0.5, 0.6) is 0 Å². The average molecular weight is 421 g/mol. The summed E-state index contributed by atoms with van der Waals surface area (Å²) in [5, 5.41) is 0.989. The van der Waals surface area contributed by atoms with E-state index in [0.717, 1.165) is 43.7 Å². The van der Waals surface area contributed by atoms with Gasteiger partial charge in [0.25, 0.3) is 5.91 Å². The van der Waals surface area contributed by atoms with Gasteiger partial charge in [-0.15, -0.1) is 23.1 Å². The number of thiazole rings is 1. The third-order valence-corrected chi connectivity index (χ3v) is 8.00. The maximum Gasteiger partial charge on any atom is 0.320 e. The highest BCUT2D eigenvalue weighted by Gasteiger charge is 2.32. The van der Waals surface area contributed by atoms with Gasteiger partial charge < -0.3 is 14.5 Å². The van der Waals surface area contributed by atoms with Crippen molar-refractivity contribution in [3.05, 3.63) is 29.3 Å². The van der Waals surface area contributed by atoms with Crippen molar-refractivity contribution < 1.29 is 19.2 Å². The summed E-state index contributed by atoms with van der Waals surface area (Å²) >= 11 is 3.39. The molecule has 28 heavy (non-hydrogen) atoms. The fourth-order valence-corrected chi connectivity index (χ4v) is 6.25. The van der Waals surface area contributed by atoms with Crippen molar-refractivity contribution in [2.75, 3.05) is 45.6 Å². The molecule has 8 heteroatoms. The fourth-order valence-electron chi connectivity index (χ4n) is 3.99. The van der Waals surface area contributed by atoms with Gasteiger partial charge in [-0.2, -0.15) is 0 Å². The Morgan fingerprint density at radius 1 is 1.29 bits per heavy atom.